The highest BCUT2D eigenvalue weighted by Gasteiger charge is 2.31. The number of rotatable bonds is 6. The van der Waals surface area contributed by atoms with Crippen molar-refractivity contribution in [3.8, 4) is 11.3 Å². The zero-order chi connectivity index (χ0) is 16.9. The van der Waals surface area contributed by atoms with Crippen molar-refractivity contribution >= 4 is 17.5 Å². The topological polar surface area (TPSA) is 58.2 Å². The van der Waals surface area contributed by atoms with E-state index < -0.39 is 0 Å². The molecule has 1 amide bonds. The number of benzene rings is 1. The summed E-state index contributed by atoms with van der Waals surface area (Å²) in [6.07, 6.45) is 5.00. The number of hydrogen-bond acceptors (Lipinski definition) is 3. The van der Waals surface area contributed by atoms with Crippen molar-refractivity contribution in [2.45, 2.75) is 31.7 Å². The maximum atomic E-state index is 12.4. The number of nitrogens with one attached hydrogen (secondary N) is 1. The minimum absolute atomic E-state index is 0.0243. The highest BCUT2D eigenvalue weighted by atomic mass is 35.5. The van der Waals surface area contributed by atoms with Gasteiger partial charge in [-0.1, -0.05) is 29.8 Å². The van der Waals surface area contributed by atoms with Crippen LogP contribution in [0.15, 0.2) is 30.5 Å². The summed E-state index contributed by atoms with van der Waals surface area (Å²) < 4.78 is 5.03. The van der Waals surface area contributed by atoms with Crippen molar-refractivity contribution in [2.24, 2.45) is 0 Å². The monoisotopic (exact) mass is 347 g/mol. The number of hydrogen-bond donors (Lipinski definition) is 1. The van der Waals surface area contributed by atoms with E-state index in [0.717, 1.165) is 42.9 Å². The van der Waals surface area contributed by atoms with E-state index in [4.69, 9.17) is 16.3 Å². The van der Waals surface area contributed by atoms with Gasteiger partial charge in [0, 0.05) is 37.3 Å². The minimum atomic E-state index is 0.0243. The Balaban J connectivity index is 1.74. The van der Waals surface area contributed by atoms with Gasteiger partial charge in [-0.05, 0) is 25.3 Å². The van der Waals surface area contributed by atoms with Gasteiger partial charge in [0.15, 0.2) is 0 Å². The molecule has 2 heterocycles. The normalized spacial score (nSPS) is 17.4. The third-order valence-corrected chi connectivity index (χ3v) is 4.72. The first-order valence-corrected chi connectivity index (χ1v) is 8.66. The van der Waals surface area contributed by atoms with Crippen molar-refractivity contribution in [2.75, 3.05) is 20.3 Å². The van der Waals surface area contributed by atoms with Crippen LogP contribution in [0.3, 0.4) is 0 Å². The molecule has 128 valence electrons. The van der Waals surface area contributed by atoms with Crippen LogP contribution < -0.4 is 0 Å². The molecule has 6 heteroatoms. The molecule has 3 rings (SSSR count). The Kier molecular flexibility index (Phi) is 5.53. The summed E-state index contributed by atoms with van der Waals surface area (Å²) in [5.41, 5.74) is 1.81. The second-order valence-electron chi connectivity index (χ2n) is 6.00. The summed E-state index contributed by atoms with van der Waals surface area (Å²) in [6, 6.07) is 7.69. The second-order valence-corrected chi connectivity index (χ2v) is 6.41. The predicted molar refractivity (Wildman–Crippen MR) is 93.8 cm³/mol. The van der Waals surface area contributed by atoms with Crippen molar-refractivity contribution in [3.63, 3.8) is 0 Å². The average Bonchev–Trinajstić information content (AvgIpc) is 3.24. The molecule has 0 saturated carbocycles. The molecule has 1 aromatic heterocycles. The van der Waals surface area contributed by atoms with Crippen LogP contribution in [0.4, 0.5) is 0 Å². The number of imidazole rings is 1. The van der Waals surface area contributed by atoms with Crippen molar-refractivity contribution < 1.29 is 9.53 Å². The molecule has 0 aliphatic carbocycles. The van der Waals surface area contributed by atoms with Crippen LogP contribution in [0.5, 0.6) is 0 Å². The molecular formula is C18H22ClN3O2. The molecule has 1 atom stereocenters. The number of H-pyrrole nitrogens is 1. The fourth-order valence-corrected chi connectivity index (χ4v) is 3.42. The number of carbonyl (C=O) groups excluding carboxylic acids is 1. The summed E-state index contributed by atoms with van der Waals surface area (Å²) in [4.78, 5) is 22.2. The second kappa shape index (κ2) is 7.81. The maximum absolute atomic E-state index is 12.4. The lowest BCUT2D eigenvalue weighted by atomic mass is 10.1. The van der Waals surface area contributed by atoms with Crippen LogP contribution in [-0.4, -0.2) is 41.0 Å². The van der Waals surface area contributed by atoms with Gasteiger partial charge in [0.05, 0.1) is 17.9 Å². The number of methoxy groups -OCH3 is 1. The lowest BCUT2D eigenvalue weighted by Gasteiger charge is -2.23. The van der Waals surface area contributed by atoms with E-state index in [1.165, 1.54) is 0 Å². The van der Waals surface area contributed by atoms with Crippen molar-refractivity contribution in [1.82, 2.24) is 14.9 Å². The molecule has 1 fully saturated rings. The summed E-state index contributed by atoms with van der Waals surface area (Å²) in [6.45, 7) is 1.40. The summed E-state index contributed by atoms with van der Waals surface area (Å²) in [5.74, 6) is 1.01. The first kappa shape index (κ1) is 17.0. The number of nitrogens with zero attached hydrogens (tertiary/aromatic N) is 2. The van der Waals surface area contributed by atoms with Crippen LogP contribution in [0.1, 0.15) is 37.5 Å². The smallest absolute Gasteiger partial charge is 0.223 e. The summed E-state index contributed by atoms with van der Waals surface area (Å²) >= 11 is 6.25. The highest BCUT2D eigenvalue weighted by molar-refractivity contribution is 6.33. The number of aromatic nitrogens is 2. The number of ether oxygens (including phenoxy) is 1. The molecule has 2 aromatic rings. The largest absolute Gasteiger partial charge is 0.385 e. The van der Waals surface area contributed by atoms with E-state index in [2.05, 4.69) is 9.97 Å². The van der Waals surface area contributed by atoms with E-state index in [1.54, 1.807) is 13.3 Å². The lowest BCUT2D eigenvalue weighted by Crippen LogP contribution is -2.31. The van der Waals surface area contributed by atoms with Gasteiger partial charge < -0.3 is 14.6 Å². The number of halogens is 1. The molecule has 0 spiro atoms. The molecule has 1 saturated heterocycles. The maximum Gasteiger partial charge on any atom is 0.223 e. The number of aromatic amines is 1. The molecular weight excluding hydrogens is 326 g/mol. The predicted octanol–water partition coefficient (Wildman–Crippen LogP) is 3.82. The first-order chi connectivity index (χ1) is 11.7. The Labute approximate surface area is 147 Å². The van der Waals surface area contributed by atoms with E-state index in [-0.39, 0.29) is 11.9 Å². The fourth-order valence-electron chi connectivity index (χ4n) is 3.18. The number of carbonyl (C=O) groups is 1. The highest BCUT2D eigenvalue weighted by Crippen LogP contribution is 2.33. The van der Waals surface area contributed by atoms with Crippen LogP contribution >= 0.6 is 11.6 Å². The van der Waals surface area contributed by atoms with E-state index in [0.29, 0.717) is 18.1 Å². The van der Waals surface area contributed by atoms with Crippen LogP contribution in [0.25, 0.3) is 11.3 Å². The molecule has 0 radical (unpaired) electrons. The molecule has 0 bridgehead atoms. The zero-order valence-electron chi connectivity index (χ0n) is 13.8. The van der Waals surface area contributed by atoms with Crippen LogP contribution in [-0.2, 0) is 9.53 Å². The van der Waals surface area contributed by atoms with Gasteiger partial charge in [0.1, 0.15) is 5.82 Å². The number of amides is 1. The van der Waals surface area contributed by atoms with Crippen molar-refractivity contribution in [3.05, 3.63) is 41.3 Å². The van der Waals surface area contributed by atoms with Crippen molar-refractivity contribution in [1.29, 1.82) is 0 Å². The average molecular weight is 348 g/mol. The van der Waals surface area contributed by atoms with Gasteiger partial charge in [0.25, 0.3) is 0 Å². The van der Waals surface area contributed by atoms with Crippen LogP contribution in [0.2, 0.25) is 5.02 Å². The van der Waals surface area contributed by atoms with E-state index >= 15 is 0 Å². The lowest BCUT2D eigenvalue weighted by molar-refractivity contribution is -0.132. The Morgan fingerprint density at radius 2 is 2.29 bits per heavy atom. The third-order valence-electron chi connectivity index (χ3n) is 4.39. The van der Waals surface area contributed by atoms with E-state index in [1.807, 2.05) is 29.2 Å². The Bertz CT molecular complexity index is 701. The molecule has 1 N–H and O–H groups in total. The van der Waals surface area contributed by atoms with Gasteiger partial charge in [0.2, 0.25) is 5.91 Å². The molecule has 1 aliphatic rings. The Hall–Kier alpha value is -1.85. The van der Waals surface area contributed by atoms with Gasteiger partial charge in [-0.25, -0.2) is 4.98 Å². The molecule has 24 heavy (non-hydrogen) atoms. The Morgan fingerprint density at radius 1 is 1.46 bits per heavy atom. The molecule has 5 nitrogen and oxygen atoms in total. The van der Waals surface area contributed by atoms with Gasteiger partial charge in [-0.2, -0.15) is 0 Å². The van der Waals surface area contributed by atoms with Gasteiger partial charge in [-0.3, -0.25) is 4.79 Å². The van der Waals surface area contributed by atoms with Gasteiger partial charge >= 0.3 is 0 Å². The SMILES string of the molecule is COCCCC(=O)N1CCC[C@H]1c1ncc(-c2ccccc2Cl)[nH]1. The number of likely N-dealkylation sites (tertiary alicyclic amines) is 1. The molecule has 1 aliphatic heterocycles. The zero-order valence-corrected chi connectivity index (χ0v) is 14.6. The Morgan fingerprint density at radius 3 is 3.08 bits per heavy atom. The van der Waals surface area contributed by atoms with E-state index in [9.17, 15) is 4.79 Å². The quantitative estimate of drug-likeness (QED) is 0.808. The van der Waals surface area contributed by atoms with Gasteiger partial charge in [-0.15, -0.1) is 0 Å². The standard InChI is InChI=1S/C18H22ClN3O2/c1-24-11-5-9-17(23)22-10-4-8-16(22)18-20-12-15(21-18)13-6-2-3-7-14(13)19/h2-3,6-7,12,16H,4-5,8-11H2,1H3,(H,20,21)/t16-/m0/s1. The molecule has 1 aromatic carbocycles. The van der Waals surface area contributed by atoms with Crippen LogP contribution in [0, 0.1) is 0 Å². The fraction of sp³-hybridized carbons (Fsp3) is 0.444. The summed E-state index contributed by atoms with van der Waals surface area (Å²) in [7, 11) is 1.65. The third kappa shape index (κ3) is 3.62. The summed E-state index contributed by atoms with van der Waals surface area (Å²) in [5, 5.41) is 0.687. The molecule has 0 unspecified atom stereocenters. The minimum Gasteiger partial charge on any atom is -0.385 e. The first-order valence-electron chi connectivity index (χ1n) is 8.29.